The number of aromatic carboxylic acids is 1. The van der Waals surface area contributed by atoms with Gasteiger partial charge in [0, 0.05) is 37.4 Å². The highest BCUT2D eigenvalue weighted by atomic mass is 16.4. The lowest BCUT2D eigenvalue weighted by Crippen LogP contribution is -2.35. The van der Waals surface area contributed by atoms with E-state index in [1.54, 1.807) is 13.8 Å². The average molecular weight is 316 g/mol. The van der Waals surface area contributed by atoms with E-state index in [1.807, 2.05) is 6.92 Å². The van der Waals surface area contributed by atoms with Gasteiger partial charge in [-0.05, 0) is 26.3 Å². The predicted octanol–water partition coefficient (Wildman–Crippen LogP) is 1.28. The van der Waals surface area contributed by atoms with Gasteiger partial charge in [0.2, 0.25) is 0 Å². The van der Waals surface area contributed by atoms with E-state index in [2.05, 4.69) is 19.9 Å². The summed E-state index contributed by atoms with van der Waals surface area (Å²) in [5.41, 5.74) is 4.15. The van der Waals surface area contributed by atoms with E-state index < -0.39 is 5.97 Å². The number of aryl methyl sites for hydroxylation is 2. The van der Waals surface area contributed by atoms with Crippen LogP contribution < -0.4 is 5.56 Å². The zero-order valence-corrected chi connectivity index (χ0v) is 13.5. The number of hydrogen-bond donors (Lipinski definition) is 3. The summed E-state index contributed by atoms with van der Waals surface area (Å²) in [5.74, 6) is -0.272. The minimum absolute atomic E-state index is 0.0807. The molecule has 7 nitrogen and oxygen atoms in total. The fraction of sp³-hybridized carbons (Fsp3) is 0.438. The zero-order chi connectivity index (χ0) is 16.7. The van der Waals surface area contributed by atoms with Crippen molar-refractivity contribution in [1.82, 2.24) is 19.9 Å². The molecular weight excluding hydrogens is 296 g/mol. The number of nitrogens with one attached hydrogen (secondary N) is 2. The molecule has 2 aromatic rings. The molecule has 1 aliphatic rings. The Labute approximate surface area is 133 Å². The molecule has 0 saturated carbocycles. The Balaban J connectivity index is 1.85. The molecule has 0 fully saturated rings. The van der Waals surface area contributed by atoms with Crippen LogP contribution in [0.25, 0.3) is 0 Å². The SMILES string of the molecule is Cc1nc2c(c(=O)[nH]1)CN(Cc1[nH]c(C)c(C(=O)O)c1C)CC2. The van der Waals surface area contributed by atoms with Crippen LogP contribution in [0.5, 0.6) is 0 Å². The Morgan fingerprint density at radius 3 is 2.70 bits per heavy atom. The second kappa shape index (κ2) is 5.66. The summed E-state index contributed by atoms with van der Waals surface area (Å²) >= 11 is 0. The summed E-state index contributed by atoms with van der Waals surface area (Å²) in [7, 11) is 0. The van der Waals surface area contributed by atoms with Crippen LogP contribution in [0.1, 0.15) is 44.4 Å². The molecule has 0 aromatic carbocycles. The molecule has 1 aliphatic heterocycles. The Morgan fingerprint density at radius 2 is 2.04 bits per heavy atom. The van der Waals surface area contributed by atoms with Crippen LogP contribution in [-0.4, -0.2) is 37.5 Å². The standard InChI is InChI=1S/C16H20N4O3/c1-8-13(17-9(2)14(8)16(22)23)7-20-5-4-12-11(6-20)15(21)19-10(3)18-12/h17H,4-7H2,1-3H3,(H,22,23)(H,18,19,21). The van der Waals surface area contributed by atoms with Crippen molar-refractivity contribution in [2.45, 2.75) is 40.3 Å². The molecule has 0 saturated heterocycles. The van der Waals surface area contributed by atoms with E-state index >= 15 is 0 Å². The van der Waals surface area contributed by atoms with Gasteiger partial charge in [-0.1, -0.05) is 0 Å². The fourth-order valence-electron chi connectivity index (χ4n) is 3.26. The van der Waals surface area contributed by atoms with Gasteiger partial charge in [-0.2, -0.15) is 0 Å². The molecule has 0 spiro atoms. The third kappa shape index (κ3) is 2.79. The summed E-state index contributed by atoms with van der Waals surface area (Å²) in [6.45, 7) is 7.28. The highest BCUT2D eigenvalue weighted by molar-refractivity contribution is 5.91. The van der Waals surface area contributed by atoms with E-state index in [0.29, 0.717) is 35.7 Å². The van der Waals surface area contributed by atoms with Gasteiger partial charge in [0.1, 0.15) is 5.82 Å². The predicted molar refractivity (Wildman–Crippen MR) is 84.6 cm³/mol. The highest BCUT2D eigenvalue weighted by Crippen LogP contribution is 2.22. The quantitative estimate of drug-likeness (QED) is 0.791. The van der Waals surface area contributed by atoms with Gasteiger partial charge in [0.05, 0.1) is 16.8 Å². The molecule has 3 N–H and O–H groups in total. The lowest BCUT2D eigenvalue weighted by Gasteiger charge is -2.27. The Bertz CT molecular complexity index is 835. The maximum atomic E-state index is 12.1. The van der Waals surface area contributed by atoms with E-state index in [4.69, 9.17) is 0 Å². The van der Waals surface area contributed by atoms with Crippen molar-refractivity contribution in [3.63, 3.8) is 0 Å². The molecule has 0 unspecified atom stereocenters. The van der Waals surface area contributed by atoms with E-state index in [1.165, 1.54) is 0 Å². The highest BCUT2D eigenvalue weighted by Gasteiger charge is 2.23. The van der Waals surface area contributed by atoms with Crippen molar-refractivity contribution in [3.05, 3.63) is 50.0 Å². The van der Waals surface area contributed by atoms with Crippen LogP contribution in [0.15, 0.2) is 4.79 Å². The number of nitrogens with zero attached hydrogens (tertiary/aromatic N) is 2. The minimum atomic E-state index is -0.914. The molecular formula is C16H20N4O3. The van der Waals surface area contributed by atoms with Gasteiger partial charge >= 0.3 is 5.97 Å². The smallest absolute Gasteiger partial charge is 0.337 e. The summed E-state index contributed by atoms with van der Waals surface area (Å²) in [4.78, 5) is 35.8. The largest absolute Gasteiger partial charge is 0.478 e. The van der Waals surface area contributed by atoms with Crippen LogP contribution >= 0.6 is 0 Å². The fourth-order valence-corrected chi connectivity index (χ4v) is 3.26. The summed E-state index contributed by atoms with van der Waals surface area (Å²) in [6.07, 6.45) is 0.727. The normalized spacial score (nSPS) is 14.7. The van der Waals surface area contributed by atoms with Crippen LogP contribution in [0.2, 0.25) is 0 Å². The summed E-state index contributed by atoms with van der Waals surface area (Å²) in [5, 5.41) is 9.27. The monoisotopic (exact) mass is 316 g/mol. The second-order valence-corrected chi connectivity index (χ2v) is 6.07. The number of carbonyl (C=O) groups is 1. The third-order valence-electron chi connectivity index (χ3n) is 4.40. The van der Waals surface area contributed by atoms with Gasteiger partial charge in [-0.3, -0.25) is 9.69 Å². The lowest BCUT2D eigenvalue weighted by atomic mass is 10.1. The van der Waals surface area contributed by atoms with E-state index in [-0.39, 0.29) is 5.56 Å². The van der Waals surface area contributed by atoms with Crippen LogP contribution in [0, 0.1) is 20.8 Å². The van der Waals surface area contributed by atoms with Gasteiger partial charge < -0.3 is 15.1 Å². The number of hydrogen-bond acceptors (Lipinski definition) is 4. The lowest BCUT2D eigenvalue weighted by molar-refractivity contribution is 0.0695. The Morgan fingerprint density at radius 1 is 1.30 bits per heavy atom. The first-order chi connectivity index (χ1) is 10.9. The number of rotatable bonds is 3. The topological polar surface area (TPSA) is 102 Å². The number of fused-ring (bicyclic) bond motifs is 1. The van der Waals surface area contributed by atoms with Crippen molar-refractivity contribution in [1.29, 1.82) is 0 Å². The summed E-state index contributed by atoms with van der Waals surface area (Å²) < 4.78 is 0. The van der Waals surface area contributed by atoms with Gasteiger partial charge in [0.15, 0.2) is 0 Å². The van der Waals surface area contributed by atoms with Crippen molar-refractivity contribution in [3.8, 4) is 0 Å². The molecule has 122 valence electrons. The average Bonchev–Trinajstić information content (AvgIpc) is 2.74. The van der Waals surface area contributed by atoms with Gasteiger partial charge in [0.25, 0.3) is 5.56 Å². The van der Waals surface area contributed by atoms with Gasteiger partial charge in [-0.15, -0.1) is 0 Å². The molecule has 2 aromatic heterocycles. The minimum Gasteiger partial charge on any atom is -0.478 e. The molecule has 23 heavy (non-hydrogen) atoms. The molecule has 0 aliphatic carbocycles. The van der Waals surface area contributed by atoms with Crippen LogP contribution in [0.4, 0.5) is 0 Å². The number of aromatic amines is 2. The first kappa shape index (κ1) is 15.5. The van der Waals surface area contributed by atoms with Crippen molar-refractivity contribution in [2.24, 2.45) is 0 Å². The van der Waals surface area contributed by atoms with Crippen molar-refractivity contribution >= 4 is 5.97 Å². The van der Waals surface area contributed by atoms with Crippen molar-refractivity contribution in [2.75, 3.05) is 6.54 Å². The van der Waals surface area contributed by atoms with E-state index in [9.17, 15) is 14.7 Å². The van der Waals surface area contributed by atoms with Gasteiger partial charge in [-0.25, -0.2) is 9.78 Å². The van der Waals surface area contributed by atoms with Crippen LogP contribution in [-0.2, 0) is 19.5 Å². The summed E-state index contributed by atoms with van der Waals surface area (Å²) in [6, 6.07) is 0. The maximum absolute atomic E-state index is 12.1. The number of carboxylic acid groups (broad SMARTS) is 1. The first-order valence-corrected chi connectivity index (χ1v) is 7.59. The molecule has 0 amide bonds. The number of H-pyrrole nitrogens is 2. The Hall–Kier alpha value is -2.41. The molecule has 3 rings (SSSR count). The molecule has 0 bridgehead atoms. The first-order valence-electron chi connectivity index (χ1n) is 7.59. The van der Waals surface area contributed by atoms with Crippen LogP contribution in [0.3, 0.4) is 0 Å². The molecule has 3 heterocycles. The number of carboxylic acids is 1. The molecule has 0 atom stereocenters. The zero-order valence-electron chi connectivity index (χ0n) is 13.5. The van der Waals surface area contributed by atoms with Crippen molar-refractivity contribution < 1.29 is 9.90 Å². The third-order valence-corrected chi connectivity index (χ3v) is 4.40. The number of aromatic nitrogens is 3. The Kier molecular flexibility index (Phi) is 3.81. The molecule has 7 heteroatoms. The van der Waals surface area contributed by atoms with E-state index in [0.717, 1.165) is 29.9 Å². The molecule has 0 radical (unpaired) electrons. The maximum Gasteiger partial charge on any atom is 0.337 e. The second-order valence-electron chi connectivity index (χ2n) is 6.07.